The Balaban J connectivity index is 2.12. The van der Waals surface area contributed by atoms with Crippen LogP contribution >= 0.6 is 11.6 Å². The third-order valence-corrected chi connectivity index (χ3v) is 3.68. The second kappa shape index (κ2) is 8.08. The average molecular weight is 340 g/mol. The van der Waals surface area contributed by atoms with Gasteiger partial charge in [-0.3, -0.25) is 9.48 Å². The number of halogens is 2. The van der Waals surface area contributed by atoms with Gasteiger partial charge in [-0.15, -0.1) is 0 Å². The van der Waals surface area contributed by atoms with E-state index in [0.29, 0.717) is 24.7 Å². The van der Waals surface area contributed by atoms with E-state index in [1.165, 1.54) is 23.0 Å². The predicted molar refractivity (Wildman–Crippen MR) is 85.6 cm³/mol. The van der Waals surface area contributed by atoms with Crippen molar-refractivity contribution in [1.29, 1.82) is 0 Å². The average Bonchev–Trinajstić information content (AvgIpc) is 2.98. The van der Waals surface area contributed by atoms with E-state index in [4.69, 9.17) is 16.3 Å². The quantitative estimate of drug-likeness (QED) is 0.779. The van der Waals surface area contributed by atoms with E-state index in [2.05, 4.69) is 5.10 Å². The molecule has 0 fully saturated rings. The van der Waals surface area contributed by atoms with E-state index >= 15 is 0 Å². The Morgan fingerprint density at radius 2 is 2.13 bits per heavy atom. The third-order valence-electron chi connectivity index (χ3n) is 3.49. The van der Waals surface area contributed by atoms with E-state index in [0.717, 1.165) is 5.56 Å². The van der Waals surface area contributed by atoms with Crippen molar-refractivity contribution in [3.8, 4) is 0 Å². The zero-order chi connectivity index (χ0) is 16.8. The van der Waals surface area contributed by atoms with Crippen LogP contribution in [0.5, 0.6) is 0 Å². The molecule has 124 valence electrons. The Labute approximate surface area is 139 Å². The van der Waals surface area contributed by atoms with Crippen molar-refractivity contribution in [2.75, 3.05) is 20.3 Å². The van der Waals surface area contributed by atoms with Crippen LogP contribution in [0.25, 0.3) is 0 Å². The molecule has 0 radical (unpaired) electrons. The van der Waals surface area contributed by atoms with Gasteiger partial charge in [-0.05, 0) is 24.6 Å². The smallest absolute Gasteiger partial charge is 0.247 e. The molecule has 1 atom stereocenters. The van der Waals surface area contributed by atoms with Gasteiger partial charge in [0.2, 0.25) is 5.91 Å². The summed E-state index contributed by atoms with van der Waals surface area (Å²) < 4.78 is 19.6. The molecule has 0 N–H and O–H groups in total. The molecule has 0 aliphatic rings. The number of amides is 1. The number of ether oxygens (including phenoxy) is 1. The third kappa shape index (κ3) is 4.77. The lowest BCUT2D eigenvalue weighted by molar-refractivity contribution is -0.135. The van der Waals surface area contributed by atoms with Crippen molar-refractivity contribution in [2.45, 2.75) is 19.5 Å². The number of hydrogen-bond donors (Lipinski definition) is 0. The molecule has 1 heterocycles. The van der Waals surface area contributed by atoms with Crippen LogP contribution in [0.15, 0.2) is 36.7 Å². The highest BCUT2D eigenvalue weighted by molar-refractivity contribution is 6.30. The molecular weight excluding hydrogens is 321 g/mol. The summed E-state index contributed by atoms with van der Waals surface area (Å²) in [6, 6.07) is 5.60. The van der Waals surface area contributed by atoms with Crippen molar-refractivity contribution in [1.82, 2.24) is 14.7 Å². The van der Waals surface area contributed by atoms with Crippen molar-refractivity contribution in [3.05, 3.63) is 53.1 Å². The largest absolute Gasteiger partial charge is 0.383 e. The van der Waals surface area contributed by atoms with Crippen LogP contribution < -0.4 is 0 Å². The van der Waals surface area contributed by atoms with E-state index < -0.39 is 6.04 Å². The Bertz CT molecular complexity index is 645. The van der Waals surface area contributed by atoms with Gasteiger partial charge in [0.05, 0.1) is 17.8 Å². The van der Waals surface area contributed by atoms with Gasteiger partial charge in [0.1, 0.15) is 11.9 Å². The molecule has 0 bridgehead atoms. The first-order valence-electron chi connectivity index (χ1n) is 7.23. The summed E-state index contributed by atoms with van der Waals surface area (Å²) in [5.41, 5.74) is 0.849. The summed E-state index contributed by atoms with van der Waals surface area (Å²) in [4.78, 5) is 14.4. The second-order valence-electron chi connectivity index (χ2n) is 5.19. The number of carbonyl (C=O) groups is 1. The molecule has 0 spiro atoms. The maximum atomic E-state index is 13.0. The van der Waals surface area contributed by atoms with Crippen molar-refractivity contribution < 1.29 is 13.9 Å². The van der Waals surface area contributed by atoms with Gasteiger partial charge in [0.25, 0.3) is 0 Å². The molecule has 7 heteroatoms. The van der Waals surface area contributed by atoms with Gasteiger partial charge in [-0.2, -0.15) is 5.10 Å². The minimum absolute atomic E-state index is 0.105. The van der Waals surface area contributed by atoms with Crippen LogP contribution in [0.1, 0.15) is 18.5 Å². The summed E-state index contributed by atoms with van der Waals surface area (Å²) in [7, 11) is 1.58. The van der Waals surface area contributed by atoms with Gasteiger partial charge >= 0.3 is 0 Å². The zero-order valence-corrected chi connectivity index (χ0v) is 13.8. The van der Waals surface area contributed by atoms with Gasteiger partial charge in [0.15, 0.2) is 0 Å². The molecule has 1 aromatic heterocycles. The minimum atomic E-state index is -0.486. The van der Waals surface area contributed by atoms with Gasteiger partial charge in [-0.1, -0.05) is 23.7 Å². The highest BCUT2D eigenvalue weighted by Gasteiger charge is 2.22. The minimum Gasteiger partial charge on any atom is -0.383 e. The number of benzene rings is 1. The topological polar surface area (TPSA) is 47.4 Å². The van der Waals surface area contributed by atoms with Crippen LogP contribution in [-0.2, 0) is 16.1 Å². The van der Waals surface area contributed by atoms with Crippen LogP contribution in [0, 0.1) is 5.82 Å². The highest BCUT2D eigenvalue weighted by atomic mass is 35.5. The van der Waals surface area contributed by atoms with Crippen LogP contribution in [-0.4, -0.2) is 40.8 Å². The molecule has 0 saturated carbocycles. The standard InChI is InChI=1S/C16H19ClFN3O2/c1-12(21-11-14(17)9-19-21)16(22)20(7-8-23-2)10-13-3-5-15(18)6-4-13/h3-6,9,11-12H,7-8,10H2,1-2H3. The first kappa shape index (κ1) is 17.4. The van der Waals surface area contributed by atoms with E-state index in [9.17, 15) is 9.18 Å². The summed E-state index contributed by atoms with van der Waals surface area (Å²) in [6.07, 6.45) is 3.10. The Hall–Kier alpha value is -1.92. The van der Waals surface area contributed by atoms with E-state index in [-0.39, 0.29) is 11.7 Å². The molecule has 2 rings (SSSR count). The fourth-order valence-corrected chi connectivity index (χ4v) is 2.33. The Kier molecular flexibility index (Phi) is 6.12. The number of carbonyl (C=O) groups excluding carboxylic acids is 1. The van der Waals surface area contributed by atoms with Gasteiger partial charge in [0, 0.05) is 26.4 Å². The molecule has 23 heavy (non-hydrogen) atoms. The van der Waals surface area contributed by atoms with Crippen molar-refractivity contribution in [2.24, 2.45) is 0 Å². The van der Waals surface area contributed by atoms with E-state index in [1.54, 1.807) is 37.3 Å². The number of hydrogen-bond acceptors (Lipinski definition) is 3. The Morgan fingerprint density at radius 1 is 1.43 bits per heavy atom. The predicted octanol–water partition coefficient (Wildman–Crippen LogP) is 2.91. The monoisotopic (exact) mass is 339 g/mol. The van der Waals surface area contributed by atoms with Gasteiger partial charge < -0.3 is 9.64 Å². The number of methoxy groups -OCH3 is 1. The summed E-state index contributed by atoms with van der Waals surface area (Å²) in [5.74, 6) is -0.408. The van der Waals surface area contributed by atoms with E-state index in [1.807, 2.05) is 0 Å². The van der Waals surface area contributed by atoms with Crippen LogP contribution in [0.4, 0.5) is 4.39 Å². The highest BCUT2D eigenvalue weighted by Crippen LogP contribution is 2.15. The molecular formula is C16H19ClFN3O2. The van der Waals surface area contributed by atoms with Crippen LogP contribution in [0.2, 0.25) is 5.02 Å². The number of nitrogens with zero attached hydrogens (tertiary/aromatic N) is 3. The first-order chi connectivity index (χ1) is 11.0. The molecule has 1 unspecified atom stereocenters. The first-order valence-corrected chi connectivity index (χ1v) is 7.61. The normalized spacial score (nSPS) is 12.2. The van der Waals surface area contributed by atoms with Gasteiger partial charge in [-0.25, -0.2) is 4.39 Å². The van der Waals surface area contributed by atoms with Crippen LogP contribution in [0.3, 0.4) is 0 Å². The summed E-state index contributed by atoms with van der Waals surface area (Å²) in [5, 5.41) is 4.55. The maximum Gasteiger partial charge on any atom is 0.247 e. The lowest BCUT2D eigenvalue weighted by Crippen LogP contribution is -2.38. The lowest BCUT2D eigenvalue weighted by atomic mass is 10.2. The fourth-order valence-electron chi connectivity index (χ4n) is 2.18. The molecule has 0 aliphatic heterocycles. The summed E-state index contributed by atoms with van der Waals surface area (Å²) in [6.45, 7) is 2.99. The van der Waals surface area contributed by atoms with Crippen molar-refractivity contribution in [3.63, 3.8) is 0 Å². The molecule has 5 nitrogen and oxygen atoms in total. The Morgan fingerprint density at radius 3 is 2.70 bits per heavy atom. The number of aromatic nitrogens is 2. The molecule has 1 amide bonds. The lowest BCUT2D eigenvalue weighted by Gasteiger charge is -2.26. The molecule has 0 saturated heterocycles. The molecule has 0 aliphatic carbocycles. The molecule has 1 aromatic carbocycles. The summed E-state index contributed by atoms with van der Waals surface area (Å²) >= 11 is 5.85. The zero-order valence-electron chi connectivity index (χ0n) is 13.1. The maximum absolute atomic E-state index is 13.0. The second-order valence-corrected chi connectivity index (χ2v) is 5.63. The molecule has 2 aromatic rings. The SMILES string of the molecule is COCCN(Cc1ccc(F)cc1)C(=O)C(C)n1cc(Cl)cn1. The fraction of sp³-hybridized carbons (Fsp3) is 0.375. The number of rotatable bonds is 7. The van der Waals surface area contributed by atoms with Crippen molar-refractivity contribution >= 4 is 17.5 Å².